The molecule has 2 unspecified atom stereocenters. The molecule has 8 nitrogen and oxygen atoms in total. The summed E-state index contributed by atoms with van der Waals surface area (Å²) in [7, 11) is 0. The van der Waals surface area contributed by atoms with Gasteiger partial charge in [0.15, 0.2) is 0 Å². The number of hydrogen-bond acceptors (Lipinski definition) is 6. The predicted octanol–water partition coefficient (Wildman–Crippen LogP) is 6.64. The van der Waals surface area contributed by atoms with Crippen LogP contribution in [0, 0.1) is 17.0 Å². The summed E-state index contributed by atoms with van der Waals surface area (Å²) in [5.41, 5.74) is 2.56. The van der Waals surface area contributed by atoms with Gasteiger partial charge in [-0.05, 0) is 42.8 Å². The maximum atomic E-state index is 13.5. The number of carbonyl (C=O) groups is 2. The number of para-hydroxylation sites is 1. The molecule has 0 bridgehead atoms. The first-order valence-corrected chi connectivity index (χ1v) is 13.7. The molecule has 0 radical (unpaired) electrons. The van der Waals surface area contributed by atoms with Crippen LogP contribution in [0.1, 0.15) is 5.56 Å². The summed E-state index contributed by atoms with van der Waals surface area (Å²) in [6, 6.07) is 19.3. The van der Waals surface area contributed by atoms with Crippen LogP contribution < -0.4 is 15.5 Å². The quantitative estimate of drug-likeness (QED) is 0.205. The highest BCUT2D eigenvalue weighted by Gasteiger charge is 2.36. The van der Waals surface area contributed by atoms with E-state index in [1.54, 1.807) is 29.7 Å². The number of nitrogens with one attached hydrogen (secondary N) is 2. The number of fused-ring (bicyclic) bond motifs is 2. The standard InChI is InChI=1S/C28H24N4O4S2/c1-18-13-14-20(32(35)36)16-22(18)30-27(33)17-37-21-8-6-7-19(15-21)29-28(34)31-23-9-2-4-11-25(23)38-26-12-5-3-10-24(26)31/h2-16,23,25H,17H2,1H3,(H,29,34)(H,30,33). The normalized spacial score (nSPS) is 17.3. The number of anilines is 3. The van der Waals surface area contributed by atoms with Crippen molar-refractivity contribution in [2.75, 3.05) is 21.3 Å². The first kappa shape index (κ1) is 25.6. The molecule has 5 rings (SSSR count). The summed E-state index contributed by atoms with van der Waals surface area (Å²) in [5.74, 6) is -0.171. The van der Waals surface area contributed by atoms with Crippen molar-refractivity contribution in [3.05, 3.63) is 107 Å². The third kappa shape index (κ3) is 5.61. The molecule has 38 heavy (non-hydrogen) atoms. The number of nitro benzene ring substituents is 1. The van der Waals surface area contributed by atoms with Gasteiger partial charge in [-0.1, -0.05) is 48.6 Å². The number of hydrogen-bond donors (Lipinski definition) is 2. The topological polar surface area (TPSA) is 105 Å². The van der Waals surface area contributed by atoms with Crippen molar-refractivity contribution in [2.24, 2.45) is 0 Å². The highest BCUT2D eigenvalue weighted by molar-refractivity contribution is 8.00. The minimum absolute atomic E-state index is 0.0806. The number of nitrogens with zero attached hydrogens (tertiary/aromatic N) is 2. The first-order chi connectivity index (χ1) is 18.4. The molecule has 0 fully saturated rings. The lowest BCUT2D eigenvalue weighted by Gasteiger charge is -2.40. The molecule has 3 aromatic rings. The molecule has 10 heteroatoms. The largest absolute Gasteiger partial charge is 0.326 e. The lowest BCUT2D eigenvalue weighted by molar-refractivity contribution is -0.384. The molecule has 1 aliphatic heterocycles. The van der Waals surface area contributed by atoms with E-state index >= 15 is 0 Å². The fourth-order valence-corrected chi connectivity index (χ4v) is 6.28. The van der Waals surface area contributed by atoms with Crippen LogP contribution in [0.15, 0.2) is 101 Å². The molecular weight excluding hydrogens is 520 g/mol. The van der Waals surface area contributed by atoms with Gasteiger partial charge in [-0.3, -0.25) is 19.8 Å². The highest BCUT2D eigenvalue weighted by Crippen LogP contribution is 2.43. The van der Waals surface area contributed by atoms with Crippen LogP contribution in [0.4, 0.5) is 27.5 Å². The van der Waals surface area contributed by atoms with Gasteiger partial charge in [0.1, 0.15) is 0 Å². The Morgan fingerprint density at radius 3 is 2.68 bits per heavy atom. The van der Waals surface area contributed by atoms with Crippen molar-refractivity contribution in [3.8, 4) is 0 Å². The van der Waals surface area contributed by atoms with E-state index in [9.17, 15) is 19.7 Å². The molecule has 2 aliphatic rings. The van der Waals surface area contributed by atoms with Crippen LogP contribution in [0.3, 0.4) is 0 Å². The maximum absolute atomic E-state index is 13.5. The number of non-ortho nitro benzene ring substituents is 1. The fourth-order valence-electron chi connectivity index (χ4n) is 4.27. The van der Waals surface area contributed by atoms with Gasteiger partial charge in [-0.25, -0.2) is 4.79 Å². The van der Waals surface area contributed by atoms with Gasteiger partial charge in [-0.15, -0.1) is 23.5 Å². The lowest BCUT2D eigenvalue weighted by atomic mass is 10.1. The number of nitro groups is 1. The minimum Gasteiger partial charge on any atom is -0.325 e. The number of amides is 3. The molecule has 0 saturated heterocycles. The van der Waals surface area contributed by atoms with Gasteiger partial charge in [0.25, 0.3) is 5.69 Å². The van der Waals surface area contributed by atoms with Gasteiger partial charge >= 0.3 is 6.03 Å². The molecule has 2 N–H and O–H groups in total. The number of rotatable bonds is 6. The van der Waals surface area contributed by atoms with Crippen molar-refractivity contribution in [1.29, 1.82) is 0 Å². The van der Waals surface area contributed by atoms with Crippen LogP contribution in [0.5, 0.6) is 0 Å². The van der Waals surface area contributed by atoms with Gasteiger partial charge in [0.2, 0.25) is 5.91 Å². The molecule has 3 aromatic carbocycles. The second-order valence-electron chi connectivity index (χ2n) is 8.73. The zero-order valence-electron chi connectivity index (χ0n) is 20.4. The van der Waals surface area contributed by atoms with E-state index in [0.29, 0.717) is 11.4 Å². The van der Waals surface area contributed by atoms with E-state index in [0.717, 1.165) is 21.0 Å². The van der Waals surface area contributed by atoms with Crippen molar-refractivity contribution < 1.29 is 14.5 Å². The fraction of sp³-hybridized carbons (Fsp3) is 0.143. The third-order valence-electron chi connectivity index (χ3n) is 6.12. The van der Waals surface area contributed by atoms with Crippen molar-refractivity contribution in [3.63, 3.8) is 0 Å². The van der Waals surface area contributed by atoms with Crippen LogP contribution in [-0.4, -0.2) is 33.9 Å². The Labute approximate surface area is 228 Å². The zero-order chi connectivity index (χ0) is 26.6. The Morgan fingerprint density at radius 2 is 1.84 bits per heavy atom. The van der Waals surface area contributed by atoms with Crippen LogP contribution >= 0.6 is 23.5 Å². The first-order valence-electron chi connectivity index (χ1n) is 11.9. The van der Waals surface area contributed by atoms with Crippen molar-refractivity contribution >= 4 is 58.2 Å². The smallest absolute Gasteiger partial charge is 0.325 e. The molecule has 0 spiro atoms. The van der Waals surface area contributed by atoms with Gasteiger partial charge in [0.05, 0.1) is 33.3 Å². The van der Waals surface area contributed by atoms with E-state index in [4.69, 9.17) is 0 Å². The number of thioether (sulfide) groups is 2. The summed E-state index contributed by atoms with van der Waals surface area (Å²) in [4.78, 5) is 40.3. The van der Waals surface area contributed by atoms with Gasteiger partial charge in [-0.2, -0.15) is 0 Å². The summed E-state index contributed by atoms with van der Waals surface area (Å²) in [5, 5.41) is 17.0. The Kier molecular flexibility index (Phi) is 7.52. The third-order valence-corrected chi connectivity index (χ3v) is 8.42. The average molecular weight is 545 g/mol. The molecule has 3 amide bonds. The Morgan fingerprint density at radius 1 is 1.03 bits per heavy atom. The van der Waals surface area contributed by atoms with Crippen molar-refractivity contribution in [2.45, 2.75) is 28.0 Å². The van der Waals surface area contributed by atoms with E-state index in [2.05, 4.69) is 16.7 Å². The molecule has 1 aliphatic carbocycles. The molecule has 192 valence electrons. The second-order valence-corrected chi connectivity index (χ2v) is 11.0. The Hall–Kier alpha value is -4.02. The average Bonchev–Trinajstić information content (AvgIpc) is 2.91. The van der Waals surface area contributed by atoms with Crippen LogP contribution in [0.25, 0.3) is 0 Å². The number of allylic oxidation sites excluding steroid dienone is 2. The second kappa shape index (κ2) is 11.2. The van der Waals surface area contributed by atoms with Crippen LogP contribution in [0.2, 0.25) is 0 Å². The molecule has 0 saturated carbocycles. The molecule has 0 aromatic heterocycles. The molecule has 1 heterocycles. The van der Waals surface area contributed by atoms with Crippen LogP contribution in [-0.2, 0) is 4.79 Å². The maximum Gasteiger partial charge on any atom is 0.326 e. The zero-order valence-corrected chi connectivity index (χ0v) is 22.0. The summed E-state index contributed by atoms with van der Waals surface area (Å²) >= 11 is 3.06. The lowest BCUT2D eigenvalue weighted by Crippen LogP contribution is -2.49. The van der Waals surface area contributed by atoms with E-state index in [1.165, 1.54) is 23.9 Å². The van der Waals surface area contributed by atoms with Crippen molar-refractivity contribution in [1.82, 2.24) is 0 Å². The summed E-state index contributed by atoms with van der Waals surface area (Å²) in [6.07, 6.45) is 8.13. The number of urea groups is 1. The number of aryl methyl sites for hydroxylation is 1. The molecule has 2 atom stereocenters. The minimum atomic E-state index is -0.494. The predicted molar refractivity (Wildman–Crippen MR) is 153 cm³/mol. The SMILES string of the molecule is Cc1ccc([N+](=O)[O-])cc1NC(=O)CSc1cccc(NC(=O)N2c3ccccc3SC3C=CC=CC32)c1. The Balaban J connectivity index is 1.25. The number of benzene rings is 3. The van der Waals surface area contributed by atoms with Gasteiger partial charge < -0.3 is 10.6 Å². The Bertz CT molecular complexity index is 1470. The monoisotopic (exact) mass is 544 g/mol. The van der Waals surface area contributed by atoms with E-state index < -0.39 is 4.92 Å². The summed E-state index contributed by atoms with van der Waals surface area (Å²) < 4.78 is 0. The van der Waals surface area contributed by atoms with E-state index in [-0.39, 0.29) is 34.7 Å². The summed E-state index contributed by atoms with van der Waals surface area (Å²) in [6.45, 7) is 1.78. The number of carbonyl (C=O) groups excluding carboxylic acids is 2. The molecular formula is C28H24N4O4S2. The van der Waals surface area contributed by atoms with Gasteiger partial charge in [0, 0.05) is 27.6 Å². The highest BCUT2D eigenvalue weighted by atomic mass is 32.2. The van der Waals surface area contributed by atoms with E-state index in [1.807, 2.05) is 66.8 Å².